The standard InChI is InChI=1S/C21H26N6O3/c1-21(2,3)30-20(28)26-11-13-7-15(26)8-18(13)29-19-17-5-6-22-27(17)12-16(24-19)14-9-23-25(4)10-14/h5-6,9-10,12-13,15,18H,7-8,11H2,1-4H3. The predicted molar refractivity (Wildman–Crippen MR) is 109 cm³/mol. The fraction of sp³-hybridized carbons (Fsp3) is 0.524. The van der Waals surface area contributed by atoms with Gasteiger partial charge in [0.1, 0.15) is 17.2 Å². The van der Waals surface area contributed by atoms with Crippen LogP contribution in [0.25, 0.3) is 16.8 Å². The van der Waals surface area contributed by atoms with Gasteiger partial charge in [-0.25, -0.2) is 14.3 Å². The summed E-state index contributed by atoms with van der Waals surface area (Å²) >= 11 is 0. The maximum Gasteiger partial charge on any atom is 0.410 e. The molecule has 3 atom stereocenters. The van der Waals surface area contributed by atoms with Crippen LogP contribution in [0.5, 0.6) is 5.88 Å². The Balaban J connectivity index is 1.35. The molecule has 2 aliphatic rings. The van der Waals surface area contributed by atoms with E-state index in [4.69, 9.17) is 14.5 Å². The van der Waals surface area contributed by atoms with Crippen LogP contribution in [0.4, 0.5) is 4.79 Å². The lowest BCUT2D eigenvalue weighted by atomic mass is 10.1. The average Bonchev–Trinajstić information content (AvgIpc) is 3.43. The summed E-state index contributed by atoms with van der Waals surface area (Å²) in [5.41, 5.74) is 2.00. The molecule has 4 heterocycles. The van der Waals surface area contributed by atoms with Crippen LogP contribution in [0, 0.1) is 5.92 Å². The van der Waals surface area contributed by atoms with Crippen LogP contribution >= 0.6 is 0 Å². The van der Waals surface area contributed by atoms with Gasteiger partial charge in [0.2, 0.25) is 5.88 Å². The molecule has 1 aliphatic carbocycles. The number of piperidine rings is 1. The highest BCUT2D eigenvalue weighted by atomic mass is 16.6. The quantitative estimate of drug-likeness (QED) is 0.660. The summed E-state index contributed by atoms with van der Waals surface area (Å²) in [6.45, 7) is 6.33. The first-order chi connectivity index (χ1) is 14.3. The second-order valence-corrected chi connectivity index (χ2v) is 9.17. The normalized spacial score (nSPS) is 23.3. The molecule has 0 aromatic carbocycles. The summed E-state index contributed by atoms with van der Waals surface area (Å²) in [6.07, 6.45) is 8.80. The van der Waals surface area contributed by atoms with Gasteiger partial charge in [0, 0.05) is 43.7 Å². The minimum absolute atomic E-state index is 0.0176. The number of rotatable bonds is 3. The van der Waals surface area contributed by atoms with Gasteiger partial charge in [0.15, 0.2) is 0 Å². The molecule has 3 aromatic rings. The second-order valence-electron chi connectivity index (χ2n) is 9.17. The van der Waals surface area contributed by atoms with Crippen LogP contribution in [-0.4, -0.2) is 59.7 Å². The van der Waals surface area contributed by atoms with E-state index in [1.807, 2.05) is 51.2 Å². The van der Waals surface area contributed by atoms with Crippen molar-refractivity contribution in [3.05, 3.63) is 30.9 Å². The Morgan fingerprint density at radius 1 is 1.20 bits per heavy atom. The van der Waals surface area contributed by atoms with Crippen molar-refractivity contribution in [1.82, 2.24) is 29.3 Å². The molecular formula is C21H26N6O3. The summed E-state index contributed by atoms with van der Waals surface area (Å²) in [4.78, 5) is 19.1. The maximum atomic E-state index is 12.5. The third-order valence-corrected chi connectivity index (χ3v) is 5.72. The smallest absolute Gasteiger partial charge is 0.410 e. The van der Waals surface area contributed by atoms with Gasteiger partial charge in [0.05, 0.1) is 24.3 Å². The highest BCUT2D eigenvalue weighted by Gasteiger charge is 2.49. The highest BCUT2D eigenvalue weighted by Crippen LogP contribution is 2.41. The number of fused-ring (bicyclic) bond motifs is 3. The lowest BCUT2D eigenvalue weighted by molar-refractivity contribution is 0.0103. The fourth-order valence-corrected chi connectivity index (χ4v) is 4.42. The molecule has 1 aliphatic heterocycles. The van der Waals surface area contributed by atoms with Crippen molar-refractivity contribution in [2.45, 2.75) is 51.4 Å². The van der Waals surface area contributed by atoms with Crippen LogP contribution < -0.4 is 4.74 Å². The zero-order chi connectivity index (χ0) is 21.0. The topological polar surface area (TPSA) is 86.8 Å². The number of ether oxygens (including phenoxy) is 2. The number of carbonyl (C=O) groups excluding carboxylic acids is 1. The van der Waals surface area contributed by atoms with Crippen LogP contribution in [0.1, 0.15) is 33.6 Å². The SMILES string of the molecule is Cn1cc(-c2cn3nccc3c(OC3CC4CC3CN4C(=O)OC(C)(C)C)n2)cn1. The molecule has 3 aromatic heterocycles. The van der Waals surface area contributed by atoms with Crippen molar-refractivity contribution in [2.75, 3.05) is 6.54 Å². The molecule has 2 bridgehead atoms. The van der Waals surface area contributed by atoms with Gasteiger partial charge in [0.25, 0.3) is 0 Å². The van der Waals surface area contributed by atoms with Gasteiger partial charge in [-0.1, -0.05) is 0 Å². The first kappa shape index (κ1) is 18.9. The van der Waals surface area contributed by atoms with Crippen LogP contribution in [0.2, 0.25) is 0 Å². The van der Waals surface area contributed by atoms with Crippen molar-refractivity contribution >= 4 is 11.6 Å². The summed E-state index contributed by atoms with van der Waals surface area (Å²) in [6, 6.07) is 2.05. The number of aryl methyl sites for hydroxylation is 1. The zero-order valence-corrected chi connectivity index (χ0v) is 17.6. The monoisotopic (exact) mass is 410 g/mol. The Morgan fingerprint density at radius 3 is 2.70 bits per heavy atom. The largest absolute Gasteiger partial charge is 0.472 e. The van der Waals surface area contributed by atoms with E-state index in [0.29, 0.717) is 12.4 Å². The van der Waals surface area contributed by atoms with E-state index < -0.39 is 5.60 Å². The van der Waals surface area contributed by atoms with Crippen molar-refractivity contribution < 1.29 is 14.3 Å². The molecule has 9 heteroatoms. The molecule has 1 saturated carbocycles. The number of carbonyl (C=O) groups is 1. The molecule has 2 fully saturated rings. The molecule has 0 N–H and O–H groups in total. The Kier molecular flexibility index (Phi) is 4.23. The number of nitrogens with zero attached hydrogens (tertiary/aromatic N) is 6. The summed E-state index contributed by atoms with van der Waals surface area (Å²) in [7, 11) is 1.87. The fourth-order valence-electron chi connectivity index (χ4n) is 4.42. The van der Waals surface area contributed by atoms with Crippen molar-refractivity contribution in [2.24, 2.45) is 13.0 Å². The first-order valence-electron chi connectivity index (χ1n) is 10.3. The second kappa shape index (κ2) is 6.72. The molecule has 158 valence electrons. The minimum Gasteiger partial charge on any atom is -0.472 e. The molecule has 9 nitrogen and oxygen atoms in total. The van der Waals surface area contributed by atoms with E-state index >= 15 is 0 Å². The molecule has 0 spiro atoms. The summed E-state index contributed by atoms with van der Waals surface area (Å²) in [5, 5.41) is 8.60. The molecule has 30 heavy (non-hydrogen) atoms. The Bertz CT molecular complexity index is 1100. The predicted octanol–water partition coefficient (Wildman–Crippen LogP) is 2.91. The van der Waals surface area contributed by atoms with Crippen molar-refractivity contribution in [3.8, 4) is 17.1 Å². The van der Waals surface area contributed by atoms with E-state index in [-0.39, 0.29) is 24.2 Å². The lowest BCUT2D eigenvalue weighted by Gasteiger charge is -2.33. The molecule has 1 saturated heterocycles. The third kappa shape index (κ3) is 3.38. The van der Waals surface area contributed by atoms with Gasteiger partial charge >= 0.3 is 6.09 Å². The number of hydrogen-bond donors (Lipinski definition) is 0. The Morgan fingerprint density at radius 2 is 2.03 bits per heavy atom. The molecular weight excluding hydrogens is 384 g/mol. The average molecular weight is 410 g/mol. The van der Waals surface area contributed by atoms with Crippen molar-refractivity contribution in [1.29, 1.82) is 0 Å². The van der Waals surface area contributed by atoms with Gasteiger partial charge in [-0.3, -0.25) is 4.68 Å². The van der Waals surface area contributed by atoms with Gasteiger partial charge in [-0.05, 0) is 33.3 Å². The van der Waals surface area contributed by atoms with Crippen LogP contribution in [0.15, 0.2) is 30.9 Å². The lowest BCUT2D eigenvalue weighted by Crippen LogP contribution is -2.45. The van der Waals surface area contributed by atoms with Crippen molar-refractivity contribution in [3.63, 3.8) is 0 Å². The number of likely N-dealkylation sites (tertiary alicyclic amines) is 1. The van der Waals surface area contributed by atoms with Crippen LogP contribution in [0.3, 0.4) is 0 Å². The Hall–Kier alpha value is -3.10. The van der Waals surface area contributed by atoms with Gasteiger partial charge in [-0.15, -0.1) is 0 Å². The van der Waals surface area contributed by atoms with Gasteiger partial charge in [-0.2, -0.15) is 10.2 Å². The number of aromatic nitrogens is 5. The summed E-state index contributed by atoms with van der Waals surface area (Å²) < 4.78 is 15.5. The molecule has 3 unspecified atom stereocenters. The zero-order valence-electron chi connectivity index (χ0n) is 17.6. The minimum atomic E-state index is -0.487. The summed E-state index contributed by atoms with van der Waals surface area (Å²) in [5.74, 6) is 0.838. The number of hydrogen-bond acceptors (Lipinski definition) is 6. The third-order valence-electron chi connectivity index (χ3n) is 5.72. The number of amides is 1. The highest BCUT2D eigenvalue weighted by molar-refractivity contribution is 5.69. The molecule has 5 rings (SSSR count). The Labute approximate surface area is 174 Å². The van der Waals surface area contributed by atoms with Gasteiger partial charge < -0.3 is 14.4 Å². The molecule has 0 radical (unpaired) electrons. The van der Waals surface area contributed by atoms with E-state index in [0.717, 1.165) is 29.6 Å². The van der Waals surface area contributed by atoms with E-state index in [2.05, 4.69) is 10.2 Å². The van der Waals surface area contributed by atoms with Crippen LogP contribution in [-0.2, 0) is 11.8 Å². The maximum absolute atomic E-state index is 12.5. The first-order valence-corrected chi connectivity index (χ1v) is 10.3. The molecule has 1 amide bonds. The van der Waals surface area contributed by atoms with E-state index in [1.54, 1.807) is 21.6 Å². The van der Waals surface area contributed by atoms with E-state index in [1.165, 1.54) is 0 Å². The van der Waals surface area contributed by atoms with E-state index in [9.17, 15) is 4.79 Å².